The molecule has 0 saturated heterocycles. The minimum atomic E-state index is -5.72. The van der Waals surface area contributed by atoms with Crippen molar-refractivity contribution in [3.8, 4) is 5.75 Å². The molecule has 0 aliphatic heterocycles. The van der Waals surface area contributed by atoms with Crippen molar-refractivity contribution in [2.45, 2.75) is 18.5 Å². The van der Waals surface area contributed by atoms with Crippen LogP contribution in [0.3, 0.4) is 0 Å². The molecule has 0 amide bonds. The Balaban J connectivity index is 2.90. The van der Waals surface area contributed by atoms with Gasteiger partial charge in [-0.3, -0.25) is 0 Å². The number of hydrogen-bond acceptors (Lipinski definition) is 2. The first-order valence-corrected chi connectivity index (χ1v) is 4.26. The molecule has 17 heavy (non-hydrogen) atoms. The highest BCUT2D eigenvalue weighted by atomic mass is 19.4. The van der Waals surface area contributed by atoms with E-state index in [1.54, 1.807) is 0 Å². The van der Waals surface area contributed by atoms with E-state index in [9.17, 15) is 26.3 Å². The van der Waals surface area contributed by atoms with Gasteiger partial charge in [-0.05, 0) is 12.1 Å². The van der Waals surface area contributed by atoms with E-state index in [0.29, 0.717) is 0 Å². The van der Waals surface area contributed by atoms with Crippen LogP contribution < -0.4 is 10.5 Å². The van der Waals surface area contributed by atoms with Gasteiger partial charge in [0.15, 0.2) is 0 Å². The van der Waals surface area contributed by atoms with Gasteiger partial charge >= 0.3 is 12.3 Å². The minimum Gasteiger partial charge on any atom is -0.428 e. The van der Waals surface area contributed by atoms with E-state index in [4.69, 9.17) is 5.73 Å². The molecule has 1 aromatic rings. The smallest absolute Gasteiger partial charge is 0.428 e. The van der Waals surface area contributed by atoms with Gasteiger partial charge in [0, 0.05) is 0 Å². The van der Waals surface area contributed by atoms with Crippen LogP contribution in [-0.2, 0) is 0 Å². The van der Waals surface area contributed by atoms with Crippen LogP contribution in [0, 0.1) is 0 Å². The van der Waals surface area contributed by atoms with Crippen molar-refractivity contribution < 1.29 is 31.1 Å². The zero-order valence-corrected chi connectivity index (χ0v) is 8.14. The van der Waals surface area contributed by atoms with Crippen molar-refractivity contribution in [1.29, 1.82) is 0 Å². The Labute approximate surface area is 92.0 Å². The third kappa shape index (κ3) is 3.18. The fourth-order valence-corrected chi connectivity index (χ4v) is 0.962. The lowest BCUT2D eigenvalue weighted by molar-refractivity contribution is -0.304. The maximum Gasteiger partial charge on any atom is 0.439 e. The molecule has 0 unspecified atom stereocenters. The zero-order chi connectivity index (χ0) is 13.3. The lowest BCUT2D eigenvalue weighted by Gasteiger charge is -2.23. The van der Waals surface area contributed by atoms with E-state index in [1.807, 2.05) is 0 Å². The quantitative estimate of drug-likeness (QED) is 0.668. The summed E-state index contributed by atoms with van der Waals surface area (Å²) < 4.78 is 77.1. The van der Waals surface area contributed by atoms with Crippen LogP contribution in [0.25, 0.3) is 0 Å². The molecule has 0 radical (unpaired) electrons. The van der Waals surface area contributed by atoms with Crippen LogP contribution in [0.4, 0.5) is 32.0 Å². The van der Waals surface area contributed by atoms with Crippen molar-refractivity contribution >= 4 is 5.69 Å². The molecular weight excluding hydrogens is 252 g/mol. The number of nitrogens with two attached hydrogens (primary N) is 1. The molecule has 0 saturated carbocycles. The Morgan fingerprint density at radius 2 is 1.59 bits per heavy atom. The Morgan fingerprint density at radius 3 is 2.06 bits per heavy atom. The second-order valence-electron chi connectivity index (χ2n) is 3.11. The molecule has 0 fully saturated rings. The van der Waals surface area contributed by atoms with Gasteiger partial charge in [0.2, 0.25) is 0 Å². The first-order chi connectivity index (χ1) is 7.64. The van der Waals surface area contributed by atoms with Crippen LogP contribution >= 0.6 is 0 Å². The molecule has 1 rings (SSSR count). The minimum absolute atomic E-state index is 0.318. The van der Waals surface area contributed by atoms with E-state index in [-0.39, 0.29) is 5.69 Å². The molecule has 96 valence electrons. The standard InChI is InChI=1S/C9H7F6NO/c10-7(8(11,12)13)9(14,15)17-6-4-2-1-3-5(6)16/h1-4,7H,16H2/t7-/m0/s1. The summed E-state index contributed by atoms with van der Waals surface area (Å²) in [6.45, 7) is 0. The maximum absolute atomic E-state index is 12.8. The van der Waals surface area contributed by atoms with Crippen LogP contribution in [0.5, 0.6) is 5.75 Å². The molecule has 1 aromatic carbocycles. The average Bonchev–Trinajstić information content (AvgIpc) is 2.19. The van der Waals surface area contributed by atoms with Crippen molar-refractivity contribution in [3.63, 3.8) is 0 Å². The number of ether oxygens (including phenoxy) is 1. The van der Waals surface area contributed by atoms with Crippen LogP contribution in [0.1, 0.15) is 0 Å². The van der Waals surface area contributed by atoms with E-state index >= 15 is 0 Å². The fraction of sp³-hybridized carbons (Fsp3) is 0.333. The molecule has 2 nitrogen and oxygen atoms in total. The predicted octanol–water partition coefficient (Wildman–Crippen LogP) is 3.14. The Bertz CT molecular complexity index is 391. The summed E-state index contributed by atoms with van der Waals surface area (Å²) in [4.78, 5) is 0. The summed E-state index contributed by atoms with van der Waals surface area (Å²) >= 11 is 0. The maximum atomic E-state index is 12.8. The van der Waals surface area contributed by atoms with Crippen molar-refractivity contribution in [2.75, 3.05) is 5.73 Å². The molecule has 0 aliphatic rings. The van der Waals surface area contributed by atoms with E-state index < -0.39 is 24.2 Å². The van der Waals surface area contributed by atoms with Crippen molar-refractivity contribution in [3.05, 3.63) is 24.3 Å². The molecule has 0 heterocycles. The summed E-state index contributed by atoms with van der Waals surface area (Å²) in [6.07, 6.45) is -15.2. The molecule has 0 aromatic heterocycles. The molecule has 1 atom stereocenters. The highest BCUT2D eigenvalue weighted by molar-refractivity contribution is 5.51. The first-order valence-electron chi connectivity index (χ1n) is 4.26. The first kappa shape index (κ1) is 13.5. The van der Waals surface area contributed by atoms with Gasteiger partial charge < -0.3 is 10.5 Å². The highest BCUT2D eigenvalue weighted by Crippen LogP contribution is 2.37. The second kappa shape index (κ2) is 4.34. The van der Waals surface area contributed by atoms with Crippen molar-refractivity contribution in [2.24, 2.45) is 0 Å². The lowest BCUT2D eigenvalue weighted by atomic mass is 10.3. The third-order valence-corrected chi connectivity index (χ3v) is 1.75. The number of anilines is 1. The molecule has 0 bridgehead atoms. The van der Waals surface area contributed by atoms with Crippen LogP contribution in [-0.4, -0.2) is 18.5 Å². The van der Waals surface area contributed by atoms with Crippen LogP contribution in [0.2, 0.25) is 0 Å². The van der Waals surface area contributed by atoms with Gasteiger partial charge in [-0.2, -0.15) is 22.0 Å². The Morgan fingerprint density at radius 1 is 1.06 bits per heavy atom. The number of para-hydroxylation sites is 2. The summed E-state index contributed by atoms with van der Waals surface area (Å²) in [5.74, 6) is -0.718. The van der Waals surface area contributed by atoms with E-state index in [1.165, 1.54) is 12.1 Å². The van der Waals surface area contributed by atoms with E-state index in [2.05, 4.69) is 4.74 Å². The number of halogens is 6. The Hall–Kier alpha value is -1.60. The average molecular weight is 259 g/mol. The summed E-state index contributed by atoms with van der Waals surface area (Å²) in [6, 6.07) is 4.61. The van der Waals surface area contributed by atoms with Gasteiger partial charge in [0.1, 0.15) is 5.75 Å². The molecule has 2 N–H and O–H groups in total. The van der Waals surface area contributed by atoms with Gasteiger partial charge in [-0.15, -0.1) is 0 Å². The topological polar surface area (TPSA) is 35.2 Å². The number of hydrogen-bond donors (Lipinski definition) is 1. The summed E-state index contributed by atoms with van der Waals surface area (Å²) in [5.41, 5.74) is 4.86. The Kier molecular flexibility index (Phi) is 3.44. The van der Waals surface area contributed by atoms with E-state index in [0.717, 1.165) is 12.1 Å². The molecule has 0 spiro atoms. The number of rotatable bonds is 3. The zero-order valence-electron chi connectivity index (χ0n) is 8.14. The SMILES string of the molecule is Nc1ccccc1OC(F)(F)[C@@H](F)C(F)(F)F. The monoisotopic (exact) mass is 259 g/mol. The molecular formula is C9H7F6NO. The van der Waals surface area contributed by atoms with Crippen molar-refractivity contribution in [1.82, 2.24) is 0 Å². The normalized spacial score (nSPS) is 14.5. The fourth-order valence-electron chi connectivity index (χ4n) is 0.962. The number of nitrogen functional groups attached to an aromatic ring is 1. The van der Waals surface area contributed by atoms with Gasteiger partial charge in [0.05, 0.1) is 5.69 Å². The number of alkyl halides is 6. The lowest BCUT2D eigenvalue weighted by Crippen LogP contribution is -2.45. The number of benzene rings is 1. The highest BCUT2D eigenvalue weighted by Gasteiger charge is 2.59. The van der Waals surface area contributed by atoms with Gasteiger partial charge in [0.25, 0.3) is 6.17 Å². The predicted molar refractivity (Wildman–Crippen MR) is 47.4 cm³/mol. The summed E-state index contributed by atoms with van der Waals surface area (Å²) in [5, 5.41) is 0. The molecule has 8 heteroatoms. The molecule has 0 aliphatic carbocycles. The van der Waals surface area contributed by atoms with Gasteiger partial charge in [-0.25, -0.2) is 4.39 Å². The second-order valence-corrected chi connectivity index (χ2v) is 3.11. The summed E-state index contributed by atoms with van der Waals surface area (Å²) in [7, 11) is 0. The third-order valence-electron chi connectivity index (χ3n) is 1.75. The largest absolute Gasteiger partial charge is 0.439 e. The van der Waals surface area contributed by atoms with Crippen LogP contribution in [0.15, 0.2) is 24.3 Å². The van der Waals surface area contributed by atoms with Gasteiger partial charge in [-0.1, -0.05) is 12.1 Å².